The standard InChI is InChI=1S/C12H20N2OS/c1-4-7-14(8-5-2)12(15)10-9-13-11(6-3)16-10/h9H,4-8H2,1-3H3. The molecule has 1 aromatic rings. The normalized spacial score (nSPS) is 10.4. The molecule has 0 aromatic carbocycles. The SMILES string of the molecule is CCCN(CCC)C(=O)c1cnc(CC)s1. The van der Waals surface area contributed by atoms with Gasteiger partial charge in [-0.05, 0) is 19.3 Å². The number of hydrogen-bond donors (Lipinski definition) is 0. The van der Waals surface area contributed by atoms with Gasteiger partial charge < -0.3 is 4.90 Å². The van der Waals surface area contributed by atoms with E-state index in [0.29, 0.717) is 0 Å². The summed E-state index contributed by atoms with van der Waals surface area (Å²) in [6.07, 6.45) is 4.63. The van der Waals surface area contributed by atoms with Crippen LogP contribution in [0.15, 0.2) is 6.20 Å². The van der Waals surface area contributed by atoms with Gasteiger partial charge in [0.1, 0.15) is 4.88 Å². The Kier molecular flexibility index (Phi) is 5.46. The molecule has 16 heavy (non-hydrogen) atoms. The number of carbonyl (C=O) groups excluding carboxylic acids is 1. The van der Waals surface area contributed by atoms with E-state index in [9.17, 15) is 4.79 Å². The van der Waals surface area contributed by atoms with Gasteiger partial charge in [0.15, 0.2) is 0 Å². The molecule has 0 fully saturated rings. The van der Waals surface area contributed by atoms with E-state index in [0.717, 1.165) is 42.2 Å². The van der Waals surface area contributed by atoms with Crippen molar-refractivity contribution >= 4 is 17.2 Å². The van der Waals surface area contributed by atoms with Crippen LogP contribution < -0.4 is 0 Å². The van der Waals surface area contributed by atoms with Gasteiger partial charge in [-0.3, -0.25) is 4.79 Å². The Morgan fingerprint density at radius 2 is 1.94 bits per heavy atom. The number of thiazole rings is 1. The first kappa shape index (κ1) is 13.2. The molecule has 0 aliphatic carbocycles. The van der Waals surface area contributed by atoms with Crippen LogP contribution in [-0.4, -0.2) is 28.9 Å². The first-order valence-corrected chi connectivity index (χ1v) is 6.78. The monoisotopic (exact) mass is 240 g/mol. The highest BCUT2D eigenvalue weighted by Gasteiger charge is 2.16. The van der Waals surface area contributed by atoms with E-state index in [-0.39, 0.29) is 5.91 Å². The zero-order chi connectivity index (χ0) is 12.0. The lowest BCUT2D eigenvalue weighted by Crippen LogP contribution is -2.31. The second kappa shape index (κ2) is 6.63. The Labute approximate surface area is 101 Å². The molecule has 90 valence electrons. The zero-order valence-corrected chi connectivity index (χ0v) is 11.1. The van der Waals surface area contributed by atoms with Crippen LogP contribution in [0, 0.1) is 0 Å². The average molecular weight is 240 g/mol. The van der Waals surface area contributed by atoms with Crippen LogP contribution in [0.3, 0.4) is 0 Å². The van der Waals surface area contributed by atoms with Crippen LogP contribution in [0.5, 0.6) is 0 Å². The van der Waals surface area contributed by atoms with Crippen molar-refractivity contribution in [3.05, 3.63) is 16.1 Å². The Bertz CT molecular complexity index is 330. The minimum atomic E-state index is 0.140. The van der Waals surface area contributed by atoms with Crippen molar-refractivity contribution in [2.24, 2.45) is 0 Å². The van der Waals surface area contributed by atoms with Crippen molar-refractivity contribution in [1.82, 2.24) is 9.88 Å². The minimum Gasteiger partial charge on any atom is -0.338 e. The van der Waals surface area contributed by atoms with Gasteiger partial charge in [0.25, 0.3) is 5.91 Å². The summed E-state index contributed by atoms with van der Waals surface area (Å²) in [6.45, 7) is 7.93. The van der Waals surface area contributed by atoms with E-state index in [4.69, 9.17) is 0 Å². The maximum Gasteiger partial charge on any atom is 0.265 e. The number of carbonyl (C=O) groups is 1. The summed E-state index contributed by atoms with van der Waals surface area (Å²) in [5.74, 6) is 0.140. The van der Waals surface area contributed by atoms with Crippen molar-refractivity contribution in [2.45, 2.75) is 40.0 Å². The molecule has 4 heteroatoms. The lowest BCUT2D eigenvalue weighted by Gasteiger charge is -2.20. The largest absolute Gasteiger partial charge is 0.338 e. The molecule has 0 saturated carbocycles. The second-order valence-electron chi connectivity index (χ2n) is 3.76. The highest BCUT2D eigenvalue weighted by atomic mass is 32.1. The predicted octanol–water partition coefficient (Wildman–Crippen LogP) is 2.97. The smallest absolute Gasteiger partial charge is 0.265 e. The fraction of sp³-hybridized carbons (Fsp3) is 0.667. The molecule has 0 unspecified atom stereocenters. The quantitative estimate of drug-likeness (QED) is 0.766. The molecule has 0 aliphatic rings. The van der Waals surface area contributed by atoms with Gasteiger partial charge in [0.05, 0.1) is 11.2 Å². The molecule has 0 aliphatic heterocycles. The number of hydrogen-bond acceptors (Lipinski definition) is 3. The molecule has 1 amide bonds. The summed E-state index contributed by atoms with van der Waals surface area (Å²) >= 11 is 1.52. The number of amides is 1. The van der Waals surface area contributed by atoms with Gasteiger partial charge in [-0.2, -0.15) is 0 Å². The fourth-order valence-corrected chi connectivity index (χ4v) is 2.41. The average Bonchev–Trinajstić information content (AvgIpc) is 2.76. The van der Waals surface area contributed by atoms with Gasteiger partial charge in [-0.15, -0.1) is 11.3 Å². The molecule has 1 aromatic heterocycles. The molecule has 1 rings (SSSR count). The van der Waals surface area contributed by atoms with Crippen molar-refractivity contribution in [3.8, 4) is 0 Å². The van der Waals surface area contributed by atoms with Gasteiger partial charge in [-0.1, -0.05) is 20.8 Å². The number of aromatic nitrogens is 1. The van der Waals surface area contributed by atoms with Crippen molar-refractivity contribution in [1.29, 1.82) is 0 Å². The molecule has 3 nitrogen and oxygen atoms in total. The molecule has 0 atom stereocenters. The maximum absolute atomic E-state index is 12.2. The Morgan fingerprint density at radius 1 is 1.31 bits per heavy atom. The van der Waals surface area contributed by atoms with E-state index >= 15 is 0 Å². The Morgan fingerprint density at radius 3 is 2.38 bits per heavy atom. The fourth-order valence-electron chi connectivity index (χ4n) is 1.58. The minimum absolute atomic E-state index is 0.140. The van der Waals surface area contributed by atoms with Crippen LogP contribution in [-0.2, 0) is 6.42 Å². The van der Waals surface area contributed by atoms with Crippen molar-refractivity contribution in [3.63, 3.8) is 0 Å². The molecule has 0 spiro atoms. The van der Waals surface area contributed by atoms with Crippen LogP contribution >= 0.6 is 11.3 Å². The van der Waals surface area contributed by atoms with Gasteiger partial charge >= 0.3 is 0 Å². The third kappa shape index (κ3) is 3.30. The third-order valence-corrected chi connectivity index (χ3v) is 3.47. The molecule has 0 saturated heterocycles. The topological polar surface area (TPSA) is 33.2 Å². The van der Waals surface area contributed by atoms with Crippen molar-refractivity contribution < 1.29 is 4.79 Å². The van der Waals surface area contributed by atoms with Crippen LogP contribution in [0.1, 0.15) is 48.3 Å². The van der Waals surface area contributed by atoms with E-state index in [1.165, 1.54) is 11.3 Å². The van der Waals surface area contributed by atoms with Crippen LogP contribution in [0.4, 0.5) is 0 Å². The first-order valence-electron chi connectivity index (χ1n) is 5.96. The third-order valence-electron chi connectivity index (χ3n) is 2.34. The van der Waals surface area contributed by atoms with Gasteiger partial charge in [0.2, 0.25) is 0 Å². The molecular weight excluding hydrogens is 220 g/mol. The lowest BCUT2D eigenvalue weighted by atomic mass is 10.3. The first-order chi connectivity index (χ1) is 7.72. The van der Waals surface area contributed by atoms with Crippen LogP contribution in [0.25, 0.3) is 0 Å². The number of aryl methyl sites for hydroxylation is 1. The van der Waals surface area contributed by atoms with E-state index in [1.54, 1.807) is 6.20 Å². The van der Waals surface area contributed by atoms with E-state index in [2.05, 4.69) is 25.8 Å². The maximum atomic E-state index is 12.2. The number of rotatable bonds is 6. The summed E-state index contributed by atoms with van der Waals surface area (Å²) in [5.41, 5.74) is 0. The molecule has 0 N–H and O–H groups in total. The zero-order valence-electron chi connectivity index (χ0n) is 10.3. The summed E-state index contributed by atoms with van der Waals surface area (Å²) in [6, 6.07) is 0. The Hall–Kier alpha value is -0.900. The molecular formula is C12H20N2OS. The van der Waals surface area contributed by atoms with Gasteiger partial charge in [-0.25, -0.2) is 4.98 Å². The second-order valence-corrected chi connectivity index (χ2v) is 4.88. The molecule has 1 heterocycles. The van der Waals surface area contributed by atoms with Crippen LogP contribution in [0.2, 0.25) is 0 Å². The Balaban J connectivity index is 2.72. The summed E-state index contributed by atoms with van der Waals surface area (Å²) in [4.78, 5) is 19.1. The molecule has 0 bridgehead atoms. The summed E-state index contributed by atoms with van der Waals surface area (Å²) < 4.78 is 0. The lowest BCUT2D eigenvalue weighted by molar-refractivity contribution is 0.0760. The highest BCUT2D eigenvalue weighted by Crippen LogP contribution is 2.16. The number of nitrogens with zero attached hydrogens (tertiary/aromatic N) is 2. The van der Waals surface area contributed by atoms with E-state index < -0.39 is 0 Å². The van der Waals surface area contributed by atoms with Crippen molar-refractivity contribution in [2.75, 3.05) is 13.1 Å². The summed E-state index contributed by atoms with van der Waals surface area (Å²) in [5, 5.41) is 1.04. The highest BCUT2D eigenvalue weighted by molar-refractivity contribution is 7.13. The predicted molar refractivity (Wildman–Crippen MR) is 68.0 cm³/mol. The van der Waals surface area contributed by atoms with E-state index in [1.807, 2.05) is 4.90 Å². The van der Waals surface area contributed by atoms with Gasteiger partial charge in [0, 0.05) is 13.1 Å². The summed E-state index contributed by atoms with van der Waals surface area (Å²) in [7, 11) is 0. The molecule has 0 radical (unpaired) electrons.